The van der Waals surface area contributed by atoms with Gasteiger partial charge in [0.15, 0.2) is 0 Å². The normalized spacial score (nSPS) is 11.3. The zero-order chi connectivity index (χ0) is 21.5. The SMILES string of the molecule is Cc1c(-c2ccc(-c3ccccc3)cc2)nn2c(-c3ccccc3)cc3ccccc3c12. The van der Waals surface area contributed by atoms with Gasteiger partial charge in [0.1, 0.15) is 0 Å². The third-order valence-corrected chi connectivity index (χ3v) is 6.19. The van der Waals surface area contributed by atoms with E-state index in [1.54, 1.807) is 0 Å². The number of fused-ring (bicyclic) bond motifs is 3. The third kappa shape index (κ3) is 3.00. The quantitative estimate of drug-likeness (QED) is 0.291. The zero-order valence-corrected chi connectivity index (χ0v) is 17.9. The lowest BCUT2D eigenvalue weighted by Gasteiger charge is -2.09. The minimum absolute atomic E-state index is 1.03. The summed E-state index contributed by atoms with van der Waals surface area (Å²) < 4.78 is 2.12. The van der Waals surface area contributed by atoms with Gasteiger partial charge in [0.25, 0.3) is 0 Å². The molecular formula is C30H22N2. The second kappa shape index (κ2) is 7.51. The van der Waals surface area contributed by atoms with E-state index in [-0.39, 0.29) is 0 Å². The van der Waals surface area contributed by atoms with Gasteiger partial charge < -0.3 is 0 Å². The van der Waals surface area contributed by atoms with E-state index in [9.17, 15) is 0 Å². The summed E-state index contributed by atoms with van der Waals surface area (Å²) in [5.74, 6) is 0. The van der Waals surface area contributed by atoms with Crippen LogP contribution in [0.4, 0.5) is 0 Å². The average molecular weight is 411 g/mol. The van der Waals surface area contributed by atoms with Crippen molar-refractivity contribution in [1.82, 2.24) is 9.61 Å². The Morgan fingerprint density at radius 1 is 0.562 bits per heavy atom. The van der Waals surface area contributed by atoms with Gasteiger partial charge in [-0.1, -0.05) is 109 Å². The van der Waals surface area contributed by atoms with Gasteiger partial charge in [-0.05, 0) is 29.5 Å². The molecule has 0 aliphatic carbocycles. The molecule has 2 nitrogen and oxygen atoms in total. The van der Waals surface area contributed by atoms with Crippen molar-refractivity contribution in [2.45, 2.75) is 6.92 Å². The molecule has 32 heavy (non-hydrogen) atoms. The van der Waals surface area contributed by atoms with Gasteiger partial charge in [-0.2, -0.15) is 5.10 Å². The molecule has 0 atom stereocenters. The number of hydrogen-bond donors (Lipinski definition) is 0. The summed E-state index contributed by atoms with van der Waals surface area (Å²) in [5.41, 5.74) is 9.24. The summed E-state index contributed by atoms with van der Waals surface area (Å²) in [6.07, 6.45) is 0. The van der Waals surface area contributed by atoms with E-state index in [0.29, 0.717) is 0 Å². The Hall–Kier alpha value is -4.17. The van der Waals surface area contributed by atoms with E-state index in [1.165, 1.54) is 33.0 Å². The molecule has 0 aliphatic rings. The highest BCUT2D eigenvalue weighted by Crippen LogP contribution is 2.35. The van der Waals surface area contributed by atoms with Gasteiger partial charge in [-0.3, -0.25) is 0 Å². The Balaban J connectivity index is 1.58. The van der Waals surface area contributed by atoms with Gasteiger partial charge in [0.05, 0.1) is 16.9 Å². The van der Waals surface area contributed by atoms with E-state index >= 15 is 0 Å². The molecule has 6 aromatic rings. The lowest BCUT2D eigenvalue weighted by atomic mass is 10.0. The number of nitrogens with zero attached hydrogens (tertiary/aromatic N) is 2. The van der Waals surface area contributed by atoms with Gasteiger partial charge in [0.2, 0.25) is 0 Å². The molecule has 4 aromatic carbocycles. The van der Waals surface area contributed by atoms with Crippen LogP contribution in [0.15, 0.2) is 115 Å². The molecule has 6 rings (SSSR count). The van der Waals surface area contributed by atoms with Crippen LogP contribution in [0.3, 0.4) is 0 Å². The van der Waals surface area contributed by atoms with Crippen molar-refractivity contribution >= 4 is 16.3 Å². The molecule has 0 unspecified atom stereocenters. The number of rotatable bonds is 3. The van der Waals surface area contributed by atoms with Crippen molar-refractivity contribution in [3.8, 4) is 33.6 Å². The fourth-order valence-corrected chi connectivity index (χ4v) is 4.57. The van der Waals surface area contributed by atoms with Crippen molar-refractivity contribution in [3.05, 3.63) is 121 Å². The summed E-state index contributed by atoms with van der Waals surface area (Å²) in [5, 5.41) is 7.58. The number of pyridine rings is 1. The smallest absolute Gasteiger partial charge is 0.0963 e. The molecule has 0 fully saturated rings. The molecular weight excluding hydrogens is 388 g/mol. The Bertz CT molecular complexity index is 1540. The molecule has 152 valence electrons. The predicted molar refractivity (Wildman–Crippen MR) is 134 cm³/mol. The minimum Gasteiger partial charge on any atom is -0.232 e. The van der Waals surface area contributed by atoms with Crippen LogP contribution in [0.1, 0.15) is 5.56 Å². The van der Waals surface area contributed by atoms with Crippen LogP contribution in [0.2, 0.25) is 0 Å². The Kier molecular flexibility index (Phi) is 4.36. The highest BCUT2D eigenvalue weighted by Gasteiger charge is 2.17. The fourth-order valence-electron chi connectivity index (χ4n) is 4.57. The molecule has 2 heterocycles. The van der Waals surface area contributed by atoms with Crippen LogP contribution < -0.4 is 0 Å². The monoisotopic (exact) mass is 410 g/mol. The lowest BCUT2D eigenvalue weighted by molar-refractivity contribution is 0.979. The molecule has 0 saturated carbocycles. The largest absolute Gasteiger partial charge is 0.232 e. The van der Waals surface area contributed by atoms with Gasteiger partial charge in [-0.25, -0.2) is 4.52 Å². The average Bonchev–Trinajstić information content (AvgIpc) is 3.22. The first kappa shape index (κ1) is 18.6. The van der Waals surface area contributed by atoms with Crippen molar-refractivity contribution in [3.63, 3.8) is 0 Å². The van der Waals surface area contributed by atoms with Crippen LogP contribution >= 0.6 is 0 Å². The van der Waals surface area contributed by atoms with Crippen LogP contribution in [0.25, 0.3) is 49.9 Å². The summed E-state index contributed by atoms with van der Waals surface area (Å²) in [6, 6.07) is 40.5. The topological polar surface area (TPSA) is 17.3 Å². The Labute approximate surface area is 187 Å². The van der Waals surface area contributed by atoms with Gasteiger partial charge in [0, 0.05) is 22.1 Å². The second-order valence-corrected chi connectivity index (χ2v) is 8.16. The highest BCUT2D eigenvalue weighted by atomic mass is 15.2. The van der Waals surface area contributed by atoms with Crippen LogP contribution in [0.5, 0.6) is 0 Å². The van der Waals surface area contributed by atoms with E-state index in [2.05, 4.69) is 121 Å². The second-order valence-electron chi connectivity index (χ2n) is 8.16. The maximum Gasteiger partial charge on any atom is 0.0963 e. The lowest BCUT2D eigenvalue weighted by Crippen LogP contribution is -1.95. The van der Waals surface area contributed by atoms with Crippen molar-refractivity contribution < 1.29 is 0 Å². The summed E-state index contributed by atoms with van der Waals surface area (Å²) in [7, 11) is 0. The maximum atomic E-state index is 5.13. The Morgan fingerprint density at radius 3 is 1.84 bits per heavy atom. The van der Waals surface area contributed by atoms with Crippen LogP contribution in [-0.4, -0.2) is 9.61 Å². The molecule has 0 bridgehead atoms. The van der Waals surface area contributed by atoms with Gasteiger partial charge in [-0.15, -0.1) is 0 Å². The van der Waals surface area contributed by atoms with E-state index in [4.69, 9.17) is 5.10 Å². The predicted octanol–water partition coefficient (Wildman–Crippen LogP) is 7.80. The number of benzene rings is 4. The van der Waals surface area contributed by atoms with Crippen molar-refractivity contribution in [2.75, 3.05) is 0 Å². The first-order chi connectivity index (χ1) is 15.8. The maximum absolute atomic E-state index is 5.13. The molecule has 2 heteroatoms. The molecule has 0 amide bonds. The summed E-state index contributed by atoms with van der Waals surface area (Å²) in [6.45, 7) is 2.18. The number of aryl methyl sites for hydroxylation is 1. The standard InChI is InChI=1S/C30H22N2/c1-21-29(25-18-16-23(17-19-25)22-10-4-2-5-11-22)31-32-28(24-12-6-3-7-13-24)20-26-14-8-9-15-27(26)30(21)32/h2-20H,1H3. The van der Waals surface area contributed by atoms with E-state index < -0.39 is 0 Å². The van der Waals surface area contributed by atoms with Crippen LogP contribution in [0, 0.1) is 6.92 Å². The van der Waals surface area contributed by atoms with E-state index in [1.807, 2.05) is 6.07 Å². The number of hydrogen-bond acceptors (Lipinski definition) is 1. The first-order valence-corrected chi connectivity index (χ1v) is 10.9. The van der Waals surface area contributed by atoms with Crippen molar-refractivity contribution in [2.24, 2.45) is 0 Å². The van der Waals surface area contributed by atoms with E-state index in [0.717, 1.165) is 22.5 Å². The minimum atomic E-state index is 1.03. The molecule has 0 N–H and O–H groups in total. The molecule has 2 aromatic heterocycles. The number of aromatic nitrogens is 2. The summed E-state index contributed by atoms with van der Waals surface area (Å²) >= 11 is 0. The molecule has 0 aliphatic heterocycles. The molecule has 0 radical (unpaired) electrons. The Morgan fingerprint density at radius 2 is 1.12 bits per heavy atom. The van der Waals surface area contributed by atoms with Crippen molar-refractivity contribution in [1.29, 1.82) is 0 Å². The molecule has 0 spiro atoms. The third-order valence-electron chi connectivity index (χ3n) is 6.19. The van der Waals surface area contributed by atoms with Gasteiger partial charge >= 0.3 is 0 Å². The summed E-state index contributed by atoms with van der Waals surface area (Å²) in [4.78, 5) is 0. The molecule has 0 saturated heterocycles. The fraction of sp³-hybridized carbons (Fsp3) is 0.0333. The zero-order valence-electron chi connectivity index (χ0n) is 17.9. The highest BCUT2D eigenvalue weighted by molar-refractivity contribution is 6.01. The first-order valence-electron chi connectivity index (χ1n) is 10.9. The van der Waals surface area contributed by atoms with Crippen LogP contribution in [-0.2, 0) is 0 Å².